The van der Waals surface area contributed by atoms with Gasteiger partial charge in [-0.3, -0.25) is 24.5 Å². The number of benzene rings is 4. The molecule has 4 aromatic rings. The van der Waals surface area contributed by atoms with Crippen molar-refractivity contribution in [3.63, 3.8) is 0 Å². The van der Waals surface area contributed by atoms with Gasteiger partial charge in [0.15, 0.2) is 12.4 Å². The van der Waals surface area contributed by atoms with Crippen LogP contribution in [0.1, 0.15) is 57.4 Å². The molecule has 2 amide bonds. The van der Waals surface area contributed by atoms with Crippen LogP contribution in [0, 0.1) is 17.0 Å². The van der Waals surface area contributed by atoms with E-state index >= 15 is 0 Å². The van der Waals surface area contributed by atoms with E-state index in [2.05, 4.69) is 0 Å². The minimum Gasteiger partial charge on any atom is -0.454 e. The maximum atomic E-state index is 13.0. The van der Waals surface area contributed by atoms with E-state index < -0.39 is 41.1 Å². The first kappa shape index (κ1) is 27.6. The van der Waals surface area contributed by atoms with Gasteiger partial charge in [-0.15, -0.1) is 0 Å². The average molecular weight is 565 g/mol. The monoisotopic (exact) mass is 564 g/mol. The van der Waals surface area contributed by atoms with Crippen molar-refractivity contribution in [1.29, 1.82) is 0 Å². The van der Waals surface area contributed by atoms with Gasteiger partial charge >= 0.3 is 11.9 Å². The van der Waals surface area contributed by atoms with E-state index in [1.54, 1.807) is 24.3 Å². The summed E-state index contributed by atoms with van der Waals surface area (Å²) in [6.45, 7) is 1.30. The molecule has 0 aromatic heterocycles. The van der Waals surface area contributed by atoms with Crippen molar-refractivity contribution in [2.75, 3.05) is 11.5 Å². The number of nitrogens with zero attached hydrogens (tertiary/aromatic N) is 2. The molecule has 0 bridgehead atoms. The number of hydrogen-bond acceptors (Lipinski definition) is 9. The molecule has 11 nitrogen and oxygen atoms in total. The quantitative estimate of drug-likeness (QED) is 0.0722. The zero-order valence-corrected chi connectivity index (χ0v) is 21.9. The molecule has 1 heterocycles. The zero-order valence-electron chi connectivity index (χ0n) is 21.9. The molecule has 11 heteroatoms. The maximum Gasteiger partial charge on any atom is 0.343 e. The average Bonchev–Trinajstić information content (AvgIpc) is 3.25. The molecular formula is C31H20N2O9. The standard InChI is InChI=1S/C31H20N2O9/c1-18-2-4-20(5-3-18)31(38)42-24-13-6-19(7-14-24)27(34)17-41-30(37)21-8-15-25-26(16-21)29(36)32(28(25)35)22-9-11-23(12-10-22)33(39)40/h2-16H,17H2,1H3. The van der Waals surface area contributed by atoms with Crippen molar-refractivity contribution in [3.8, 4) is 5.75 Å². The van der Waals surface area contributed by atoms with Crippen LogP contribution >= 0.6 is 0 Å². The highest BCUT2D eigenvalue weighted by Gasteiger charge is 2.37. The van der Waals surface area contributed by atoms with Crippen molar-refractivity contribution in [1.82, 2.24) is 0 Å². The molecule has 0 fully saturated rings. The Bertz CT molecular complexity index is 1760. The summed E-state index contributed by atoms with van der Waals surface area (Å²) >= 11 is 0. The Morgan fingerprint density at radius 1 is 0.738 bits per heavy atom. The summed E-state index contributed by atoms with van der Waals surface area (Å²) in [5.41, 5.74) is 1.48. The Balaban J connectivity index is 1.20. The highest BCUT2D eigenvalue weighted by Crippen LogP contribution is 2.30. The summed E-state index contributed by atoms with van der Waals surface area (Å²) in [6, 6.07) is 21.3. The fourth-order valence-corrected chi connectivity index (χ4v) is 4.19. The number of nitro groups is 1. The molecule has 5 rings (SSSR count). The van der Waals surface area contributed by atoms with Crippen LogP contribution in [-0.4, -0.2) is 41.1 Å². The van der Waals surface area contributed by atoms with Crippen LogP contribution in [0.4, 0.5) is 11.4 Å². The number of carbonyl (C=O) groups is 5. The number of carbonyl (C=O) groups excluding carboxylic acids is 5. The normalized spacial score (nSPS) is 12.1. The third-order valence-electron chi connectivity index (χ3n) is 6.45. The molecule has 0 saturated carbocycles. The number of rotatable bonds is 8. The van der Waals surface area contributed by atoms with Gasteiger partial charge in [-0.25, -0.2) is 14.5 Å². The van der Waals surface area contributed by atoms with Crippen LogP contribution in [0.2, 0.25) is 0 Å². The number of anilines is 1. The van der Waals surface area contributed by atoms with Gasteiger partial charge in [0, 0.05) is 17.7 Å². The van der Waals surface area contributed by atoms with E-state index in [4.69, 9.17) is 9.47 Å². The minimum atomic E-state index is -0.885. The van der Waals surface area contributed by atoms with Gasteiger partial charge in [-0.2, -0.15) is 0 Å². The van der Waals surface area contributed by atoms with E-state index in [1.165, 1.54) is 66.7 Å². The second-order valence-electron chi connectivity index (χ2n) is 9.26. The van der Waals surface area contributed by atoms with Crippen molar-refractivity contribution < 1.29 is 38.4 Å². The van der Waals surface area contributed by atoms with E-state index in [-0.39, 0.29) is 39.4 Å². The lowest BCUT2D eigenvalue weighted by molar-refractivity contribution is -0.384. The van der Waals surface area contributed by atoms with Crippen LogP contribution in [0.5, 0.6) is 5.75 Å². The molecule has 0 atom stereocenters. The Morgan fingerprint density at radius 2 is 1.33 bits per heavy atom. The number of ether oxygens (including phenoxy) is 2. The number of ketones is 1. The number of nitro benzene ring substituents is 1. The van der Waals surface area contributed by atoms with E-state index in [1.807, 2.05) is 6.92 Å². The molecule has 0 saturated heterocycles. The predicted octanol–water partition coefficient (Wildman–Crippen LogP) is 4.96. The molecule has 0 spiro atoms. The van der Waals surface area contributed by atoms with Gasteiger partial charge in [0.2, 0.25) is 0 Å². The zero-order chi connectivity index (χ0) is 30.0. The predicted molar refractivity (Wildman–Crippen MR) is 148 cm³/mol. The van der Waals surface area contributed by atoms with Gasteiger partial charge in [0.05, 0.1) is 32.9 Å². The lowest BCUT2D eigenvalue weighted by Crippen LogP contribution is -2.29. The molecule has 0 aliphatic carbocycles. The Morgan fingerprint density at radius 3 is 1.98 bits per heavy atom. The summed E-state index contributed by atoms with van der Waals surface area (Å²) in [4.78, 5) is 74.5. The number of aryl methyl sites for hydroxylation is 1. The van der Waals surface area contributed by atoms with Crippen LogP contribution < -0.4 is 9.64 Å². The van der Waals surface area contributed by atoms with Crippen molar-refractivity contribution in [3.05, 3.63) is 134 Å². The van der Waals surface area contributed by atoms with Gasteiger partial charge in [0.1, 0.15) is 5.75 Å². The second kappa shape index (κ2) is 11.3. The number of fused-ring (bicyclic) bond motifs is 1. The van der Waals surface area contributed by atoms with Gasteiger partial charge in [0.25, 0.3) is 17.5 Å². The maximum absolute atomic E-state index is 13.0. The van der Waals surface area contributed by atoms with Gasteiger partial charge in [-0.05, 0) is 73.7 Å². The van der Waals surface area contributed by atoms with Gasteiger partial charge in [-0.1, -0.05) is 17.7 Å². The molecule has 0 unspecified atom stereocenters. The molecule has 42 heavy (non-hydrogen) atoms. The fourth-order valence-electron chi connectivity index (χ4n) is 4.19. The van der Waals surface area contributed by atoms with Crippen molar-refractivity contribution >= 4 is 40.9 Å². The highest BCUT2D eigenvalue weighted by atomic mass is 16.6. The van der Waals surface area contributed by atoms with E-state index in [0.29, 0.717) is 5.56 Å². The second-order valence-corrected chi connectivity index (χ2v) is 9.26. The number of amides is 2. The Kier molecular flexibility index (Phi) is 7.40. The molecule has 0 N–H and O–H groups in total. The largest absolute Gasteiger partial charge is 0.454 e. The first-order valence-corrected chi connectivity index (χ1v) is 12.5. The van der Waals surface area contributed by atoms with E-state index in [0.717, 1.165) is 10.5 Å². The highest BCUT2D eigenvalue weighted by molar-refractivity contribution is 6.34. The van der Waals surface area contributed by atoms with Gasteiger partial charge < -0.3 is 9.47 Å². The van der Waals surface area contributed by atoms with Crippen molar-refractivity contribution in [2.45, 2.75) is 6.92 Å². The number of Topliss-reactive ketones (excluding diaryl/α,β-unsaturated/α-hetero) is 1. The summed E-state index contributed by atoms with van der Waals surface area (Å²) < 4.78 is 10.4. The number of esters is 2. The third kappa shape index (κ3) is 5.52. The summed E-state index contributed by atoms with van der Waals surface area (Å²) in [7, 11) is 0. The number of non-ortho nitro benzene ring substituents is 1. The fraction of sp³-hybridized carbons (Fsp3) is 0.0645. The van der Waals surface area contributed by atoms with Crippen LogP contribution in [0.15, 0.2) is 91.0 Å². The summed E-state index contributed by atoms with van der Waals surface area (Å²) in [5, 5.41) is 10.9. The minimum absolute atomic E-state index is 0.0464. The molecule has 1 aliphatic rings. The summed E-state index contributed by atoms with van der Waals surface area (Å²) in [5.74, 6) is -3.08. The molecule has 208 valence electrons. The molecule has 4 aromatic carbocycles. The van der Waals surface area contributed by atoms with Crippen LogP contribution in [0.25, 0.3) is 0 Å². The first-order valence-electron chi connectivity index (χ1n) is 12.5. The number of hydrogen-bond donors (Lipinski definition) is 0. The molecular weight excluding hydrogens is 544 g/mol. The van der Waals surface area contributed by atoms with Crippen molar-refractivity contribution in [2.24, 2.45) is 0 Å². The SMILES string of the molecule is Cc1ccc(C(=O)Oc2ccc(C(=O)COC(=O)c3ccc4c(c3)C(=O)N(c3ccc([N+](=O)[O-])cc3)C4=O)cc2)cc1. The first-order chi connectivity index (χ1) is 20.1. The Hall–Kier alpha value is -5.97. The van der Waals surface area contributed by atoms with E-state index in [9.17, 15) is 34.1 Å². The lowest BCUT2D eigenvalue weighted by Gasteiger charge is -2.13. The third-order valence-corrected chi connectivity index (χ3v) is 6.45. The van der Waals surface area contributed by atoms with Crippen LogP contribution in [-0.2, 0) is 4.74 Å². The Labute approximate surface area is 238 Å². The molecule has 0 radical (unpaired) electrons. The lowest BCUT2D eigenvalue weighted by atomic mass is 10.1. The topological polar surface area (TPSA) is 150 Å². The van der Waals surface area contributed by atoms with Crippen LogP contribution in [0.3, 0.4) is 0 Å². The number of imide groups is 1. The summed E-state index contributed by atoms with van der Waals surface area (Å²) in [6.07, 6.45) is 0. The molecule has 1 aliphatic heterocycles. The smallest absolute Gasteiger partial charge is 0.343 e.